The summed E-state index contributed by atoms with van der Waals surface area (Å²) in [6.07, 6.45) is 4.50. The van der Waals surface area contributed by atoms with Gasteiger partial charge in [0, 0.05) is 44.3 Å². The van der Waals surface area contributed by atoms with E-state index in [-0.39, 0.29) is 60.9 Å². The van der Waals surface area contributed by atoms with Gasteiger partial charge in [-0.3, -0.25) is 24.2 Å². The van der Waals surface area contributed by atoms with Crippen molar-refractivity contribution in [2.24, 2.45) is 16.5 Å². The number of piperidine rings is 1. The van der Waals surface area contributed by atoms with Crippen LogP contribution in [-0.2, 0) is 30.2 Å². The molecule has 0 aliphatic carbocycles. The highest BCUT2D eigenvalue weighted by Crippen LogP contribution is 2.23. The normalized spacial score (nSPS) is 18.3. The number of nitrogens with zero attached hydrogens (tertiary/aromatic N) is 5. The maximum Gasteiger partial charge on any atom is 0.242 e. The maximum atomic E-state index is 13.8. The quantitative estimate of drug-likeness (QED) is 0.110. The summed E-state index contributed by atoms with van der Waals surface area (Å²) in [4.78, 5) is 64.3. The van der Waals surface area contributed by atoms with Crippen LogP contribution in [0.3, 0.4) is 0 Å². The third-order valence-corrected chi connectivity index (χ3v) is 10.4. The van der Waals surface area contributed by atoms with Crippen LogP contribution in [0.2, 0.25) is 0 Å². The average molecular weight is 661 g/mol. The first-order valence-electron chi connectivity index (χ1n) is 14.9. The van der Waals surface area contributed by atoms with Crippen LogP contribution < -0.4 is 16.8 Å². The molecule has 3 heterocycles. The molecule has 2 aliphatic heterocycles. The SMILES string of the molecule is NC(N)=NCCCC(NC(=O)CN1CCN(S(=O)(=O)Cc2ccccc2)[C@H](CC(=O)N2CCCCC2)C1=O)C(=O)c1nccs1. The third kappa shape index (κ3) is 9.55. The number of ketones is 1. The van der Waals surface area contributed by atoms with E-state index >= 15 is 0 Å². The Balaban J connectivity index is 1.48. The largest absolute Gasteiger partial charge is 0.370 e. The lowest BCUT2D eigenvalue weighted by Crippen LogP contribution is -2.61. The first-order valence-corrected chi connectivity index (χ1v) is 17.4. The highest BCUT2D eigenvalue weighted by atomic mass is 32.2. The van der Waals surface area contributed by atoms with Crippen molar-refractivity contribution < 1.29 is 27.6 Å². The molecule has 0 bridgehead atoms. The predicted octanol–water partition coefficient (Wildman–Crippen LogP) is 0.310. The molecule has 244 valence electrons. The van der Waals surface area contributed by atoms with Crippen LogP contribution in [0.25, 0.3) is 0 Å². The molecule has 1 aromatic carbocycles. The maximum absolute atomic E-state index is 13.8. The molecule has 2 aliphatic rings. The van der Waals surface area contributed by atoms with Gasteiger partial charge in [-0.15, -0.1) is 11.3 Å². The van der Waals surface area contributed by atoms with Gasteiger partial charge in [-0.1, -0.05) is 30.3 Å². The number of sulfonamides is 1. The van der Waals surface area contributed by atoms with E-state index in [0.717, 1.165) is 34.9 Å². The van der Waals surface area contributed by atoms with Gasteiger partial charge in [0.05, 0.1) is 24.8 Å². The van der Waals surface area contributed by atoms with E-state index in [0.29, 0.717) is 25.1 Å². The number of piperazine rings is 1. The van der Waals surface area contributed by atoms with E-state index < -0.39 is 40.5 Å². The van der Waals surface area contributed by atoms with Crippen molar-refractivity contribution in [3.8, 4) is 0 Å². The topological polar surface area (TPSA) is 201 Å². The van der Waals surface area contributed by atoms with Crippen molar-refractivity contribution in [2.75, 3.05) is 39.3 Å². The second-order valence-corrected chi connectivity index (χ2v) is 13.9. The molecule has 45 heavy (non-hydrogen) atoms. The number of aliphatic imine (C=N–C) groups is 1. The number of aromatic nitrogens is 1. The van der Waals surface area contributed by atoms with Gasteiger partial charge >= 0.3 is 0 Å². The monoisotopic (exact) mass is 660 g/mol. The number of benzene rings is 1. The molecular weight excluding hydrogens is 621 g/mol. The zero-order valence-electron chi connectivity index (χ0n) is 25.0. The number of likely N-dealkylation sites (tertiary alicyclic amines) is 1. The van der Waals surface area contributed by atoms with Gasteiger partial charge in [0.1, 0.15) is 6.04 Å². The zero-order valence-corrected chi connectivity index (χ0v) is 26.7. The lowest BCUT2D eigenvalue weighted by atomic mass is 10.1. The second-order valence-electron chi connectivity index (χ2n) is 11.0. The molecule has 3 amide bonds. The lowest BCUT2D eigenvalue weighted by molar-refractivity contribution is -0.146. The Kier molecular flexibility index (Phi) is 12.0. The number of thiazole rings is 1. The number of nitrogens with two attached hydrogens (primary N) is 2. The third-order valence-electron chi connectivity index (χ3n) is 7.74. The Hall–Kier alpha value is -3.89. The fourth-order valence-electron chi connectivity index (χ4n) is 5.48. The number of carbonyl (C=O) groups is 4. The molecule has 0 spiro atoms. The van der Waals surface area contributed by atoms with E-state index in [1.165, 1.54) is 11.1 Å². The second kappa shape index (κ2) is 15.9. The summed E-state index contributed by atoms with van der Waals surface area (Å²) >= 11 is 1.14. The van der Waals surface area contributed by atoms with Crippen LogP contribution in [0.4, 0.5) is 0 Å². The summed E-state index contributed by atoms with van der Waals surface area (Å²) in [7, 11) is -3.99. The van der Waals surface area contributed by atoms with Gasteiger partial charge in [-0.2, -0.15) is 4.31 Å². The van der Waals surface area contributed by atoms with Crippen molar-refractivity contribution in [2.45, 2.75) is 56.4 Å². The number of hydrogen-bond acceptors (Lipinski definition) is 9. The molecule has 14 nitrogen and oxygen atoms in total. The summed E-state index contributed by atoms with van der Waals surface area (Å²) in [5.74, 6) is -2.31. The van der Waals surface area contributed by atoms with Crippen molar-refractivity contribution >= 4 is 50.8 Å². The van der Waals surface area contributed by atoms with E-state index in [1.54, 1.807) is 40.6 Å². The highest BCUT2D eigenvalue weighted by molar-refractivity contribution is 7.88. The number of rotatable bonds is 14. The minimum atomic E-state index is -3.99. The number of guanidine groups is 1. The number of Topliss-reactive ketones (excluding diaryl/α,β-unsaturated/α-hetero) is 1. The summed E-state index contributed by atoms with van der Waals surface area (Å²) in [5, 5.41) is 4.59. The van der Waals surface area contributed by atoms with Gasteiger partial charge in [-0.25, -0.2) is 13.4 Å². The Morgan fingerprint density at radius 1 is 1.07 bits per heavy atom. The van der Waals surface area contributed by atoms with Gasteiger partial charge in [0.2, 0.25) is 33.5 Å². The van der Waals surface area contributed by atoms with Crippen LogP contribution in [-0.4, -0.2) is 108 Å². The Morgan fingerprint density at radius 2 is 1.80 bits per heavy atom. The van der Waals surface area contributed by atoms with Crippen LogP contribution in [0.15, 0.2) is 46.9 Å². The minimum absolute atomic E-state index is 0.0513. The standard InChI is InChI=1S/C29H40N8O6S2/c30-29(31)33-11-7-10-22(26(40)27-32-12-17-44-27)34-24(38)19-36-15-16-37(45(42,43)20-21-8-3-1-4-9-21)23(28(36)41)18-25(39)35-13-5-2-6-14-35/h1,3-4,8-9,12,17,22-23H,2,5-7,10-11,13-16,18-20H2,(H,34,38)(H4,30,31,33)/t22?,23-/m1/s1. The molecule has 0 saturated carbocycles. The van der Waals surface area contributed by atoms with Gasteiger partial charge in [0.15, 0.2) is 11.0 Å². The van der Waals surface area contributed by atoms with Crippen molar-refractivity contribution in [1.82, 2.24) is 24.4 Å². The van der Waals surface area contributed by atoms with Crippen molar-refractivity contribution in [1.29, 1.82) is 0 Å². The fraction of sp³-hybridized carbons (Fsp3) is 0.517. The molecule has 1 aromatic heterocycles. The van der Waals surface area contributed by atoms with E-state index in [9.17, 15) is 27.6 Å². The average Bonchev–Trinajstić information content (AvgIpc) is 3.56. The van der Waals surface area contributed by atoms with E-state index in [4.69, 9.17) is 11.5 Å². The van der Waals surface area contributed by atoms with Crippen LogP contribution in [0, 0.1) is 0 Å². The molecule has 2 saturated heterocycles. The number of hydrogen-bond donors (Lipinski definition) is 3. The molecule has 1 unspecified atom stereocenters. The van der Waals surface area contributed by atoms with Gasteiger partial charge in [0.25, 0.3) is 0 Å². The molecule has 5 N–H and O–H groups in total. The predicted molar refractivity (Wildman–Crippen MR) is 169 cm³/mol. The van der Waals surface area contributed by atoms with E-state index in [2.05, 4.69) is 15.3 Å². The van der Waals surface area contributed by atoms with Crippen LogP contribution in [0.5, 0.6) is 0 Å². The number of carbonyl (C=O) groups excluding carboxylic acids is 4. The van der Waals surface area contributed by atoms with E-state index in [1.807, 2.05) is 0 Å². The number of amides is 3. The van der Waals surface area contributed by atoms with Gasteiger partial charge < -0.3 is 26.6 Å². The molecule has 16 heteroatoms. The van der Waals surface area contributed by atoms with Gasteiger partial charge in [-0.05, 0) is 37.7 Å². The highest BCUT2D eigenvalue weighted by Gasteiger charge is 2.43. The summed E-state index contributed by atoms with van der Waals surface area (Å²) in [6.45, 7) is 0.830. The Labute approximate surface area is 266 Å². The molecule has 4 rings (SSSR count). The summed E-state index contributed by atoms with van der Waals surface area (Å²) in [6, 6.07) is 6.40. The fourth-order valence-corrected chi connectivity index (χ4v) is 7.81. The molecule has 2 atom stereocenters. The smallest absolute Gasteiger partial charge is 0.242 e. The van der Waals surface area contributed by atoms with Crippen LogP contribution >= 0.6 is 11.3 Å². The lowest BCUT2D eigenvalue weighted by Gasteiger charge is -2.40. The zero-order chi connectivity index (χ0) is 32.4. The van der Waals surface area contributed by atoms with Crippen molar-refractivity contribution in [3.63, 3.8) is 0 Å². The first kappa shape index (κ1) is 34.0. The molecule has 2 fully saturated rings. The first-order chi connectivity index (χ1) is 21.5. The van der Waals surface area contributed by atoms with Crippen molar-refractivity contribution in [3.05, 3.63) is 52.5 Å². The number of nitrogens with one attached hydrogen (secondary N) is 1. The molecular formula is C29H40N8O6S2. The summed E-state index contributed by atoms with van der Waals surface area (Å²) in [5.41, 5.74) is 11.3. The minimum Gasteiger partial charge on any atom is -0.370 e. The van der Waals surface area contributed by atoms with Crippen LogP contribution in [0.1, 0.15) is 53.9 Å². The summed E-state index contributed by atoms with van der Waals surface area (Å²) < 4.78 is 28.3. The molecule has 2 aromatic rings. The Bertz CT molecular complexity index is 1460. The molecule has 0 radical (unpaired) electrons. The Morgan fingerprint density at radius 3 is 2.47 bits per heavy atom.